The molecule has 3 heteroatoms. The largest absolute Gasteiger partial charge is 0.163 e. The molecule has 1 aliphatic rings. The van der Waals surface area contributed by atoms with Crippen molar-refractivity contribution in [1.82, 2.24) is 0 Å². The van der Waals surface area contributed by atoms with Crippen LogP contribution >= 0.6 is 0 Å². The molecular weight excluding hydrogens is 102 g/mol. The molecule has 0 N–H and O–H groups in total. The lowest BCUT2D eigenvalue weighted by atomic mass is 10.1. The van der Waals surface area contributed by atoms with Crippen LogP contribution in [0.15, 0.2) is 15.4 Å². The van der Waals surface area contributed by atoms with Gasteiger partial charge in [-0.2, -0.15) is 5.11 Å². The van der Waals surface area contributed by atoms with Crippen LogP contribution < -0.4 is 0 Å². The van der Waals surface area contributed by atoms with Gasteiger partial charge in [0.2, 0.25) is 0 Å². The number of rotatable bonds is 1. The maximum atomic E-state index is 3.81. The van der Waals surface area contributed by atoms with Crippen LogP contribution in [0.3, 0.4) is 0 Å². The van der Waals surface area contributed by atoms with Gasteiger partial charge in [-0.05, 0) is 11.1 Å². The van der Waals surface area contributed by atoms with Crippen molar-refractivity contribution in [3.05, 3.63) is 0 Å². The van der Waals surface area contributed by atoms with Gasteiger partial charge in [-0.15, -0.1) is 5.10 Å². The van der Waals surface area contributed by atoms with Gasteiger partial charge in [0, 0.05) is 0 Å². The molecule has 0 fully saturated rings. The molecular formula is C5H9N3. The van der Waals surface area contributed by atoms with Crippen LogP contribution in [0, 0.1) is 5.92 Å². The highest BCUT2D eigenvalue weighted by Crippen LogP contribution is 2.03. The molecule has 0 unspecified atom stereocenters. The Bertz CT molecular complexity index is 135. The molecule has 1 aliphatic heterocycles. The smallest absolute Gasteiger partial charge is 0.102 e. The van der Waals surface area contributed by atoms with E-state index in [0.717, 1.165) is 5.71 Å². The van der Waals surface area contributed by atoms with Crippen LogP contribution in [0.4, 0.5) is 0 Å². The summed E-state index contributed by atoms with van der Waals surface area (Å²) in [7, 11) is 0. The fraction of sp³-hybridized carbons (Fsp3) is 0.800. The van der Waals surface area contributed by atoms with Crippen LogP contribution in [0.25, 0.3) is 0 Å². The Balaban J connectivity index is 2.51. The molecule has 0 aromatic rings. The molecule has 0 aliphatic carbocycles. The summed E-state index contributed by atoms with van der Waals surface area (Å²) in [6.07, 6.45) is 0. The van der Waals surface area contributed by atoms with Gasteiger partial charge in [0.05, 0.1) is 5.71 Å². The zero-order valence-electron chi connectivity index (χ0n) is 5.13. The first-order chi connectivity index (χ1) is 3.80. The van der Waals surface area contributed by atoms with E-state index < -0.39 is 0 Å². The molecule has 8 heavy (non-hydrogen) atoms. The molecule has 0 spiro atoms. The SMILES string of the molecule is CC(C)C1=NN=NC1. The lowest BCUT2D eigenvalue weighted by Crippen LogP contribution is -2.07. The molecule has 0 atom stereocenters. The fourth-order valence-electron chi connectivity index (χ4n) is 0.523. The highest BCUT2D eigenvalue weighted by atomic mass is 15.4. The van der Waals surface area contributed by atoms with E-state index in [1.807, 2.05) is 0 Å². The molecule has 0 amide bonds. The number of hydrogen-bond acceptors (Lipinski definition) is 3. The summed E-state index contributed by atoms with van der Waals surface area (Å²) in [5.74, 6) is 0.505. The van der Waals surface area contributed by atoms with Crippen LogP contribution in [-0.4, -0.2) is 12.3 Å². The molecule has 1 rings (SSSR count). The molecule has 44 valence electrons. The van der Waals surface area contributed by atoms with E-state index in [4.69, 9.17) is 0 Å². The minimum atomic E-state index is 0.505. The van der Waals surface area contributed by atoms with E-state index in [1.165, 1.54) is 0 Å². The average Bonchev–Trinajstić information content (AvgIpc) is 2.12. The average molecular weight is 111 g/mol. The van der Waals surface area contributed by atoms with Crippen molar-refractivity contribution < 1.29 is 0 Å². The summed E-state index contributed by atoms with van der Waals surface area (Å²) >= 11 is 0. The third-order valence-corrected chi connectivity index (χ3v) is 1.14. The van der Waals surface area contributed by atoms with Crippen molar-refractivity contribution in [2.24, 2.45) is 21.4 Å². The molecule has 0 aromatic heterocycles. The van der Waals surface area contributed by atoms with Crippen molar-refractivity contribution in [3.8, 4) is 0 Å². The topological polar surface area (TPSA) is 37.1 Å². The summed E-state index contributed by atoms with van der Waals surface area (Å²) in [5, 5.41) is 11.0. The zero-order chi connectivity index (χ0) is 5.98. The maximum Gasteiger partial charge on any atom is 0.102 e. The quantitative estimate of drug-likeness (QED) is 0.491. The monoisotopic (exact) mass is 111 g/mol. The second-order valence-electron chi connectivity index (χ2n) is 2.14. The minimum absolute atomic E-state index is 0.505. The van der Waals surface area contributed by atoms with Crippen molar-refractivity contribution >= 4 is 5.71 Å². The Hall–Kier alpha value is -0.730. The van der Waals surface area contributed by atoms with Gasteiger partial charge < -0.3 is 0 Å². The van der Waals surface area contributed by atoms with Gasteiger partial charge in [-0.3, -0.25) is 0 Å². The Morgan fingerprint density at radius 3 is 2.50 bits per heavy atom. The van der Waals surface area contributed by atoms with Gasteiger partial charge >= 0.3 is 0 Å². The van der Waals surface area contributed by atoms with E-state index in [9.17, 15) is 0 Å². The van der Waals surface area contributed by atoms with E-state index >= 15 is 0 Å². The van der Waals surface area contributed by atoms with Crippen molar-refractivity contribution in [2.75, 3.05) is 6.54 Å². The second-order valence-corrected chi connectivity index (χ2v) is 2.14. The summed E-state index contributed by atoms with van der Waals surface area (Å²) in [6, 6.07) is 0. The predicted molar refractivity (Wildman–Crippen MR) is 32.0 cm³/mol. The summed E-state index contributed by atoms with van der Waals surface area (Å²) < 4.78 is 0. The van der Waals surface area contributed by atoms with Crippen LogP contribution in [0.1, 0.15) is 13.8 Å². The van der Waals surface area contributed by atoms with E-state index in [0.29, 0.717) is 12.5 Å². The molecule has 1 heterocycles. The first-order valence-corrected chi connectivity index (χ1v) is 2.74. The summed E-state index contributed by atoms with van der Waals surface area (Å²) in [5.41, 5.74) is 1.09. The first-order valence-electron chi connectivity index (χ1n) is 2.74. The maximum absolute atomic E-state index is 3.81. The number of nitrogens with zero attached hydrogens (tertiary/aromatic N) is 3. The van der Waals surface area contributed by atoms with Gasteiger partial charge in [-0.25, -0.2) is 0 Å². The first kappa shape index (κ1) is 5.41. The lowest BCUT2D eigenvalue weighted by molar-refractivity contribution is 0.873. The van der Waals surface area contributed by atoms with E-state index in [-0.39, 0.29) is 0 Å². The van der Waals surface area contributed by atoms with E-state index in [1.54, 1.807) is 0 Å². The van der Waals surface area contributed by atoms with Crippen LogP contribution in [-0.2, 0) is 0 Å². The van der Waals surface area contributed by atoms with Gasteiger partial charge in [0.25, 0.3) is 0 Å². The summed E-state index contributed by atoms with van der Waals surface area (Å²) in [4.78, 5) is 0. The Labute approximate surface area is 48.5 Å². The van der Waals surface area contributed by atoms with Crippen molar-refractivity contribution in [1.29, 1.82) is 0 Å². The number of hydrogen-bond donors (Lipinski definition) is 0. The van der Waals surface area contributed by atoms with Gasteiger partial charge in [0.1, 0.15) is 6.54 Å². The third kappa shape index (κ3) is 0.911. The van der Waals surface area contributed by atoms with Gasteiger partial charge in [-0.1, -0.05) is 13.8 Å². The standard InChI is InChI=1S/C5H9N3/c1-4(2)5-3-6-8-7-5/h4H,3H2,1-2H3. The molecule has 0 bridgehead atoms. The van der Waals surface area contributed by atoms with Gasteiger partial charge in [0.15, 0.2) is 0 Å². The van der Waals surface area contributed by atoms with Crippen LogP contribution in [0.5, 0.6) is 0 Å². The zero-order valence-corrected chi connectivity index (χ0v) is 5.13. The second kappa shape index (κ2) is 2.03. The highest BCUT2D eigenvalue weighted by molar-refractivity contribution is 5.88. The minimum Gasteiger partial charge on any atom is -0.163 e. The molecule has 0 saturated carbocycles. The van der Waals surface area contributed by atoms with Crippen molar-refractivity contribution in [3.63, 3.8) is 0 Å². The van der Waals surface area contributed by atoms with Crippen LogP contribution in [0.2, 0.25) is 0 Å². The van der Waals surface area contributed by atoms with E-state index in [2.05, 4.69) is 29.3 Å². The Morgan fingerprint density at radius 2 is 2.25 bits per heavy atom. The highest BCUT2D eigenvalue weighted by Gasteiger charge is 2.06. The Kier molecular flexibility index (Phi) is 1.37. The lowest BCUT2D eigenvalue weighted by Gasteiger charge is -1.97. The third-order valence-electron chi connectivity index (χ3n) is 1.14. The molecule has 3 nitrogen and oxygen atoms in total. The van der Waals surface area contributed by atoms with Crippen molar-refractivity contribution in [2.45, 2.75) is 13.8 Å². The summed E-state index contributed by atoms with van der Waals surface area (Å²) in [6.45, 7) is 4.89. The molecule has 0 radical (unpaired) electrons. The normalized spacial score (nSPS) is 17.6. The Morgan fingerprint density at radius 1 is 1.50 bits per heavy atom. The fourth-order valence-corrected chi connectivity index (χ4v) is 0.523. The molecule has 0 saturated heterocycles. The molecule has 0 aromatic carbocycles. The predicted octanol–water partition coefficient (Wildman–Crippen LogP) is 1.46.